The molecule has 3 aromatic carbocycles. The van der Waals surface area contributed by atoms with E-state index in [0.29, 0.717) is 11.7 Å². The zero-order valence-electron chi connectivity index (χ0n) is 14.4. The molecule has 0 spiro atoms. The Labute approximate surface area is 144 Å². The van der Waals surface area contributed by atoms with E-state index in [1.54, 1.807) is 12.1 Å². The summed E-state index contributed by atoms with van der Waals surface area (Å²) < 4.78 is 0. The molecule has 122 valence electrons. The van der Waals surface area contributed by atoms with Gasteiger partial charge in [0.15, 0.2) is 0 Å². The van der Waals surface area contributed by atoms with Gasteiger partial charge in [0.25, 0.3) is 0 Å². The Morgan fingerprint density at radius 2 is 1.42 bits per heavy atom. The Kier molecular flexibility index (Phi) is 5.00. The highest BCUT2D eigenvalue weighted by molar-refractivity contribution is 5.69. The van der Waals surface area contributed by atoms with Gasteiger partial charge in [-0.15, -0.1) is 0 Å². The van der Waals surface area contributed by atoms with E-state index in [4.69, 9.17) is 0 Å². The van der Waals surface area contributed by atoms with Crippen LogP contribution in [0.5, 0.6) is 5.75 Å². The maximum Gasteiger partial charge on any atom is 0.115 e. The Morgan fingerprint density at radius 3 is 2.08 bits per heavy atom. The summed E-state index contributed by atoms with van der Waals surface area (Å²) in [5.74, 6) is 0.780. The SMILES string of the molecule is CC(C)c1ccc(CCc2ccccc2)cc1-c1ccc(O)cc1. The number of benzene rings is 3. The molecule has 0 aliphatic carbocycles. The van der Waals surface area contributed by atoms with E-state index in [2.05, 4.69) is 62.4 Å². The van der Waals surface area contributed by atoms with Gasteiger partial charge < -0.3 is 5.11 Å². The van der Waals surface area contributed by atoms with E-state index >= 15 is 0 Å². The number of hydrogen-bond donors (Lipinski definition) is 1. The number of hydrogen-bond acceptors (Lipinski definition) is 1. The Morgan fingerprint density at radius 1 is 0.750 bits per heavy atom. The number of aromatic hydroxyl groups is 1. The van der Waals surface area contributed by atoms with E-state index in [1.165, 1.54) is 22.3 Å². The third-order valence-electron chi connectivity index (χ3n) is 4.46. The quantitative estimate of drug-likeness (QED) is 0.615. The van der Waals surface area contributed by atoms with Gasteiger partial charge in [0, 0.05) is 0 Å². The second kappa shape index (κ2) is 7.35. The van der Waals surface area contributed by atoms with Crippen molar-refractivity contribution in [3.8, 4) is 16.9 Å². The third kappa shape index (κ3) is 3.86. The van der Waals surface area contributed by atoms with Crippen molar-refractivity contribution in [1.29, 1.82) is 0 Å². The molecule has 0 aliphatic rings. The van der Waals surface area contributed by atoms with Crippen LogP contribution in [-0.2, 0) is 12.8 Å². The molecule has 3 aromatic rings. The first-order valence-electron chi connectivity index (χ1n) is 8.59. The standard InChI is InChI=1S/C23H24O/c1-17(2)22-15-10-19(9-8-18-6-4-3-5-7-18)16-23(22)20-11-13-21(24)14-12-20/h3-7,10-17,24H,8-9H2,1-2H3. The Bertz CT molecular complexity index is 786. The first-order chi connectivity index (χ1) is 11.6. The fraction of sp³-hybridized carbons (Fsp3) is 0.217. The van der Waals surface area contributed by atoms with Gasteiger partial charge in [-0.2, -0.15) is 0 Å². The van der Waals surface area contributed by atoms with Crippen molar-refractivity contribution < 1.29 is 5.11 Å². The molecule has 0 heterocycles. The van der Waals surface area contributed by atoms with Gasteiger partial charge >= 0.3 is 0 Å². The van der Waals surface area contributed by atoms with Crippen LogP contribution in [0.1, 0.15) is 36.5 Å². The maximum atomic E-state index is 9.55. The molecular formula is C23H24O. The van der Waals surface area contributed by atoms with E-state index < -0.39 is 0 Å². The predicted octanol–water partition coefficient (Wildman–Crippen LogP) is 5.97. The van der Waals surface area contributed by atoms with E-state index in [0.717, 1.165) is 18.4 Å². The average molecular weight is 316 g/mol. The molecule has 0 amide bonds. The number of aryl methyl sites for hydroxylation is 2. The molecule has 0 bridgehead atoms. The van der Waals surface area contributed by atoms with Crippen LogP contribution in [0.25, 0.3) is 11.1 Å². The zero-order chi connectivity index (χ0) is 16.9. The highest BCUT2D eigenvalue weighted by Gasteiger charge is 2.10. The summed E-state index contributed by atoms with van der Waals surface area (Å²) in [6.45, 7) is 4.45. The number of rotatable bonds is 5. The summed E-state index contributed by atoms with van der Waals surface area (Å²) in [4.78, 5) is 0. The summed E-state index contributed by atoms with van der Waals surface area (Å²) in [5.41, 5.74) is 6.51. The monoisotopic (exact) mass is 316 g/mol. The minimum Gasteiger partial charge on any atom is -0.508 e. The normalized spacial score (nSPS) is 11.0. The molecule has 0 atom stereocenters. The van der Waals surface area contributed by atoms with Gasteiger partial charge in [-0.1, -0.05) is 74.5 Å². The van der Waals surface area contributed by atoms with E-state index in [-0.39, 0.29) is 0 Å². The minimum absolute atomic E-state index is 0.310. The maximum absolute atomic E-state index is 9.55. The summed E-state index contributed by atoms with van der Waals surface area (Å²) in [6, 6.07) is 25.0. The van der Waals surface area contributed by atoms with Crippen molar-refractivity contribution in [3.05, 3.63) is 89.5 Å². The van der Waals surface area contributed by atoms with Crippen molar-refractivity contribution in [3.63, 3.8) is 0 Å². The Hall–Kier alpha value is -2.54. The summed E-state index contributed by atoms with van der Waals surface area (Å²) in [5, 5.41) is 9.55. The lowest BCUT2D eigenvalue weighted by Crippen LogP contribution is -1.97. The largest absolute Gasteiger partial charge is 0.508 e. The number of phenols is 1. The third-order valence-corrected chi connectivity index (χ3v) is 4.46. The van der Waals surface area contributed by atoms with Crippen LogP contribution < -0.4 is 0 Å². The van der Waals surface area contributed by atoms with Gasteiger partial charge in [-0.25, -0.2) is 0 Å². The van der Waals surface area contributed by atoms with Crippen LogP contribution in [-0.4, -0.2) is 5.11 Å². The predicted molar refractivity (Wildman–Crippen MR) is 101 cm³/mol. The highest BCUT2D eigenvalue weighted by atomic mass is 16.3. The van der Waals surface area contributed by atoms with Crippen LogP contribution in [0.3, 0.4) is 0 Å². The van der Waals surface area contributed by atoms with Gasteiger partial charge in [-0.3, -0.25) is 0 Å². The minimum atomic E-state index is 0.310. The van der Waals surface area contributed by atoms with Crippen molar-refractivity contribution in [2.24, 2.45) is 0 Å². The zero-order valence-corrected chi connectivity index (χ0v) is 14.4. The van der Waals surface area contributed by atoms with E-state index in [1.807, 2.05) is 12.1 Å². The fourth-order valence-electron chi connectivity index (χ4n) is 3.09. The van der Waals surface area contributed by atoms with Crippen LogP contribution in [0.15, 0.2) is 72.8 Å². The molecule has 3 rings (SSSR count). The molecule has 0 saturated heterocycles. The van der Waals surface area contributed by atoms with Crippen molar-refractivity contribution in [2.45, 2.75) is 32.6 Å². The van der Waals surface area contributed by atoms with Crippen LogP contribution in [0.4, 0.5) is 0 Å². The first kappa shape index (κ1) is 16.3. The van der Waals surface area contributed by atoms with Gasteiger partial charge in [0.1, 0.15) is 5.75 Å². The fourth-order valence-corrected chi connectivity index (χ4v) is 3.09. The second-order valence-corrected chi connectivity index (χ2v) is 6.61. The van der Waals surface area contributed by atoms with Crippen molar-refractivity contribution >= 4 is 0 Å². The van der Waals surface area contributed by atoms with Gasteiger partial charge in [-0.05, 0) is 58.7 Å². The average Bonchev–Trinajstić information content (AvgIpc) is 2.61. The molecule has 0 fully saturated rings. The molecule has 0 radical (unpaired) electrons. The summed E-state index contributed by atoms with van der Waals surface area (Å²) in [7, 11) is 0. The van der Waals surface area contributed by atoms with Gasteiger partial charge in [0.2, 0.25) is 0 Å². The molecule has 0 saturated carbocycles. The molecule has 1 N–H and O–H groups in total. The highest BCUT2D eigenvalue weighted by Crippen LogP contribution is 2.31. The molecule has 1 heteroatoms. The van der Waals surface area contributed by atoms with Gasteiger partial charge in [0.05, 0.1) is 0 Å². The number of phenolic OH excluding ortho intramolecular Hbond substituents is 1. The van der Waals surface area contributed by atoms with Crippen molar-refractivity contribution in [2.75, 3.05) is 0 Å². The van der Waals surface area contributed by atoms with E-state index in [9.17, 15) is 5.11 Å². The van der Waals surface area contributed by atoms with Crippen molar-refractivity contribution in [1.82, 2.24) is 0 Å². The lowest BCUT2D eigenvalue weighted by molar-refractivity contribution is 0.475. The lowest BCUT2D eigenvalue weighted by atomic mass is 9.90. The molecule has 0 aromatic heterocycles. The molecule has 24 heavy (non-hydrogen) atoms. The Balaban J connectivity index is 1.89. The smallest absolute Gasteiger partial charge is 0.115 e. The molecule has 1 nitrogen and oxygen atoms in total. The topological polar surface area (TPSA) is 20.2 Å². The first-order valence-corrected chi connectivity index (χ1v) is 8.59. The van der Waals surface area contributed by atoms with Crippen LogP contribution in [0, 0.1) is 0 Å². The lowest BCUT2D eigenvalue weighted by Gasteiger charge is -2.15. The molecule has 0 aliphatic heterocycles. The summed E-state index contributed by atoms with van der Waals surface area (Å²) >= 11 is 0. The molecular weight excluding hydrogens is 292 g/mol. The van der Waals surface area contributed by atoms with Crippen LogP contribution >= 0.6 is 0 Å². The second-order valence-electron chi connectivity index (χ2n) is 6.61. The summed E-state index contributed by atoms with van der Waals surface area (Å²) in [6.07, 6.45) is 2.09. The van der Waals surface area contributed by atoms with Crippen LogP contribution in [0.2, 0.25) is 0 Å². The molecule has 0 unspecified atom stereocenters.